The molecule has 1 nitrogen and oxygen atoms in total. The zero-order chi connectivity index (χ0) is 12.5. The number of thiol groups is 2. The maximum absolute atomic E-state index is 4.67. The average molecular weight is 366 g/mol. The van der Waals surface area contributed by atoms with Crippen LogP contribution in [0.25, 0.3) is 0 Å². The van der Waals surface area contributed by atoms with E-state index in [1.807, 2.05) is 0 Å². The lowest BCUT2D eigenvalue weighted by atomic mass is 9.74. The van der Waals surface area contributed by atoms with E-state index in [9.17, 15) is 0 Å². The summed E-state index contributed by atoms with van der Waals surface area (Å²) in [6.45, 7) is 8.78. The predicted octanol–water partition coefficient (Wildman–Crippen LogP) is 3.49. The van der Waals surface area contributed by atoms with Crippen LogP contribution in [0, 0.1) is 0 Å². The Morgan fingerprint density at radius 2 is 1.81 bits per heavy atom. The molecule has 0 atom stereocenters. The molecule has 1 rings (SSSR count). The second-order valence-corrected chi connectivity index (χ2v) is 6.20. The van der Waals surface area contributed by atoms with Gasteiger partial charge in [0, 0.05) is 16.6 Å². The first-order valence-electron chi connectivity index (χ1n) is 5.46. The van der Waals surface area contributed by atoms with Crippen molar-refractivity contribution in [2.75, 3.05) is 4.33 Å². The summed E-state index contributed by atoms with van der Waals surface area (Å²) < 4.78 is 3.27. The fourth-order valence-corrected chi connectivity index (χ4v) is 3.57. The van der Waals surface area contributed by atoms with Crippen molar-refractivity contribution in [1.29, 1.82) is 0 Å². The summed E-state index contributed by atoms with van der Waals surface area (Å²) in [6.07, 6.45) is 0. The Morgan fingerprint density at radius 1 is 1.25 bits per heavy atom. The van der Waals surface area contributed by atoms with Crippen LogP contribution in [0.4, 0.5) is 0 Å². The van der Waals surface area contributed by atoms with Crippen LogP contribution in [-0.2, 0) is 0 Å². The molecule has 0 saturated heterocycles. The van der Waals surface area contributed by atoms with E-state index in [-0.39, 0.29) is 0 Å². The summed E-state index contributed by atoms with van der Waals surface area (Å²) in [5, 5.41) is 1.04. The molecule has 0 fully saturated rings. The molecule has 0 N–H and O–H groups in total. The van der Waals surface area contributed by atoms with Gasteiger partial charge in [-0.1, -0.05) is 36.4 Å². The average Bonchev–Trinajstić information content (AvgIpc) is 2.42. The number of rotatable bonds is 4. The lowest BCUT2D eigenvalue weighted by molar-refractivity contribution is 0.521. The minimum atomic E-state index is 0.423. The fraction of sp³-hybridized carbons (Fsp3) is 0.636. The van der Waals surface area contributed by atoms with Gasteiger partial charge in [0.25, 0.3) is 0 Å². The normalized spacial score (nSPS) is 11.6. The van der Waals surface area contributed by atoms with Crippen LogP contribution < -0.4 is 5.46 Å². The van der Waals surface area contributed by atoms with E-state index >= 15 is 0 Å². The van der Waals surface area contributed by atoms with E-state index in [2.05, 4.69) is 87.4 Å². The Hall–Kier alpha value is 0.775. The summed E-state index contributed by atoms with van der Waals surface area (Å²) in [7, 11) is 2.19. The lowest BCUT2D eigenvalue weighted by Gasteiger charge is -2.17. The Balaban J connectivity index is 3.40. The molecule has 1 aromatic heterocycles. The van der Waals surface area contributed by atoms with Crippen molar-refractivity contribution in [3.63, 3.8) is 0 Å². The quantitative estimate of drug-likeness (QED) is 0.348. The number of halogens is 1. The Labute approximate surface area is 124 Å². The molecule has 0 aromatic carbocycles. The van der Waals surface area contributed by atoms with Crippen LogP contribution in [0.3, 0.4) is 0 Å². The van der Waals surface area contributed by atoms with Crippen LogP contribution in [0.5, 0.6) is 0 Å². The minimum Gasteiger partial charge on any atom is -0.337 e. The van der Waals surface area contributed by atoms with Gasteiger partial charge in [-0.2, -0.15) is 0 Å². The van der Waals surface area contributed by atoms with Crippen LogP contribution in [-0.4, -0.2) is 16.2 Å². The summed E-state index contributed by atoms with van der Waals surface area (Å²) in [5.74, 6) is 0.470. The highest BCUT2D eigenvalue weighted by Gasteiger charge is 2.21. The van der Waals surface area contributed by atoms with E-state index in [0.717, 1.165) is 14.2 Å². The van der Waals surface area contributed by atoms with Crippen molar-refractivity contribution in [3.05, 3.63) is 5.69 Å². The summed E-state index contributed by atoms with van der Waals surface area (Å²) in [6, 6.07) is 0.423. The third kappa shape index (κ3) is 2.78. The number of hydrogen-bond acceptors (Lipinski definition) is 2. The number of nitrogens with zero attached hydrogens (tertiary/aromatic N) is 1. The third-order valence-electron chi connectivity index (χ3n) is 2.57. The van der Waals surface area contributed by atoms with Gasteiger partial charge in [0.1, 0.15) is 0 Å². The fourth-order valence-electron chi connectivity index (χ4n) is 1.94. The molecular weight excluding hydrogens is 348 g/mol. The monoisotopic (exact) mass is 366 g/mol. The molecule has 1 heterocycles. The van der Waals surface area contributed by atoms with Gasteiger partial charge >= 0.3 is 0 Å². The Morgan fingerprint density at radius 3 is 2.12 bits per heavy atom. The van der Waals surface area contributed by atoms with Gasteiger partial charge in [0.05, 0.1) is 5.03 Å². The molecule has 89 valence electrons. The molecule has 0 aliphatic heterocycles. The van der Waals surface area contributed by atoms with Gasteiger partial charge in [-0.3, -0.25) is 0 Å². The third-order valence-corrected chi connectivity index (χ3v) is 3.94. The van der Waals surface area contributed by atoms with Gasteiger partial charge in [-0.15, -0.1) is 25.3 Å². The number of aromatic nitrogens is 1. The van der Waals surface area contributed by atoms with Crippen molar-refractivity contribution in [3.8, 4) is 0 Å². The first-order valence-corrected chi connectivity index (χ1v) is 7.88. The molecule has 1 radical (unpaired) electrons. The molecule has 5 heteroatoms. The summed E-state index contributed by atoms with van der Waals surface area (Å²) in [4.78, 5) is 1.09. The van der Waals surface area contributed by atoms with E-state index < -0.39 is 0 Å². The van der Waals surface area contributed by atoms with Gasteiger partial charge in [0.15, 0.2) is 7.28 Å². The maximum Gasteiger partial charge on any atom is 0.168 e. The van der Waals surface area contributed by atoms with Crippen molar-refractivity contribution in [1.82, 2.24) is 4.57 Å². The van der Waals surface area contributed by atoms with Crippen molar-refractivity contribution < 1.29 is 0 Å². The van der Waals surface area contributed by atoms with Crippen LogP contribution in [0.2, 0.25) is 0 Å². The van der Waals surface area contributed by atoms with E-state index in [1.54, 1.807) is 0 Å². The molecule has 0 saturated carbocycles. The van der Waals surface area contributed by atoms with Crippen LogP contribution >= 0.6 is 47.8 Å². The van der Waals surface area contributed by atoms with E-state index in [0.29, 0.717) is 12.0 Å². The second-order valence-electron chi connectivity index (χ2n) is 4.45. The molecule has 0 aliphatic rings. The largest absolute Gasteiger partial charge is 0.337 e. The van der Waals surface area contributed by atoms with Crippen LogP contribution in [0.1, 0.15) is 45.3 Å². The first kappa shape index (κ1) is 14.8. The number of hydrogen-bond donors (Lipinski definition) is 2. The van der Waals surface area contributed by atoms with Crippen molar-refractivity contribution in [2.45, 2.75) is 49.6 Å². The van der Waals surface area contributed by atoms with Crippen molar-refractivity contribution in [2.24, 2.45) is 0 Å². The Bertz CT molecular complexity index is 343. The highest BCUT2D eigenvalue weighted by Crippen LogP contribution is 2.30. The molecule has 16 heavy (non-hydrogen) atoms. The van der Waals surface area contributed by atoms with Gasteiger partial charge < -0.3 is 4.57 Å². The highest BCUT2D eigenvalue weighted by atomic mass is 127. The predicted molar refractivity (Wildman–Crippen MR) is 87.7 cm³/mol. The molecule has 0 unspecified atom stereocenters. The van der Waals surface area contributed by atoms with E-state index in [1.165, 1.54) is 11.2 Å². The van der Waals surface area contributed by atoms with E-state index in [4.69, 9.17) is 0 Å². The molecule has 0 amide bonds. The molecule has 1 aromatic rings. The molecule has 0 aliphatic carbocycles. The van der Waals surface area contributed by atoms with Gasteiger partial charge in [0.2, 0.25) is 0 Å². The SMILES string of the molecule is CC(C)c1c(S)c([B]CI)c(S)n1C(C)C. The zero-order valence-corrected chi connectivity index (χ0v) is 14.1. The highest BCUT2D eigenvalue weighted by molar-refractivity contribution is 14.1. The molecule has 0 bridgehead atoms. The number of alkyl halides is 1. The molecule has 0 spiro atoms. The Kier molecular flexibility index (Phi) is 5.65. The smallest absolute Gasteiger partial charge is 0.168 e. The molecular formula is C11H18BINS2. The van der Waals surface area contributed by atoms with Crippen LogP contribution in [0.15, 0.2) is 9.92 Å². The lowest BCUT2D eigenvalue weighted by Crippen LogP contribution is -2.18. The topological polar surface area (TPSA) is 4.93 Å². The first-order chi connectivity index (χ1) is 7.41. The van der Waals surface area contributed by atoms with Gasteiger partial charge in [-0.05, 0) is 29.6 Å². The minimum absolute atomic E-state index is 0.423. The summed E-state index contributed by atoms with van der Waals surface area (Å²) in [5.41, 5.74) is 2.47. The van der Waals surface area contributed by atoms with Gasteiger partial charge in [-0.25, -0.2) is 0 Å². The summed E-state index contributed by atoms with van der Waals surface area (Å²) >= 11 is 11.7. The second kappa shape index (κ2) is 6.09. The maximum atomic E-state index is 4.67. The standard InChI is InChI=1S/C11H18BINS2/c1-6(2)9-10(15)8(12-5-13)11(16)14(9)7(3)4/h6-7,15-16H,5H2,1-4H3. The zero-order valence-electron chi connectivity index (χ0n) is 10.2. The van der Waals surface area contributed by atoms with Crippen molar-refractivity contribution >= 4 is 60.6 Å².